The van der Waals surface area contributed by atoms with Crippen molar-refractivity contribution in [2.75, 3.05) is 19.6 Å². The summed E-state index contributed by atoms with van der Waals surface area (Å²) in [7, 11) is 0. The van der Waals surface area contributed by atoms with E-state index in [4.69, 9.17) is 10.9 Å². The van der Waals surface area contributed by atoms with Gasteiger partial charge in [0, 0.05) is 19.1 Å². The zero-order valence-electron chi connectivity index (χ0n) is 10.3. The van der Waals surface area contributed by atoms with Gasteiger partial charge in [0.2, 0.25) is 0 Å². The highest BCUT2D eigenvalue weighted by Gasteiger charge is 2.16. The van der Waals surface area contributed by atoms with E-state index >= 15 is 0 Å². The molecule has 0 saturated carbocycles. The van der Waals surface area contributed by atoms with E-state index in [1.807, 2.05) is 5.43 Å². The topological polar surface area (TPSA) is 94.0 Å². The van der Waals surface area contributed by atoms with Gasteiger partial charge in [-0.1, -0.05) is 6.42 Å². The van der Waals surface area contributed by atoms with Gasteiger partial charge in [0.25, 0.3) is 5.96 Å². The predicted octanol–water partition coefficient (Wildman–Crippen LogP) is 0.238. The smallest absolute Gasteiger partial charge is 0.362 e. The molecule has 1 unspecified atom stereocenters. The fraction of sp³-hybridized carbons (Fsp3) is 0.900. The molecule has 7 nitrogen and oxygen atoms in total. The van der Waals surface area contributed by atoms with Crippen LogP contribution >= 0.6 is 0 Å². The highest BCUT2D eigenvalue weighted by Crippen LogP contribution is 2.16. The van der Waals surface area contributed by atoms with E-state index in [0.29, 0.717) is 12.6 Å². The Balaban J connectivity index is 2.16. The largest absolute Gasteiger partial charge is 0.365 e. The number of rotatable bonds is 5. The van der Waals surface area contributed by atoms with Gasteiger partial charge in [-0.25, -0.2) is 10.2 Å². The SMILES string of the molecule is CC1CCCCN1CCCN=C(N)N[N+](=O)O. The number of piperidine rings is 1. The Morgan fingerprint density at radius 3 is 3.06 bits per heavy atom. The molecule has 1 aliphatic heterocycles. The summed E-state index contributed by atoms with van der Waals surface area (Å²) >= 11 is 0. The standard InChI is InChI=1S/C10H22N5O2/c1-9-5-2-3-7-14(9)8-4-6-12-10(11)13-15(16)17/h9H,2-8H2,1H3,(H,16,17)(H3,11,12,13)/q+1. The predicted molar refractivity (Wildman–Crippen MR) is 64.5 cm³/mol. The Labute approximate surface area is 101 Å². The summed E-state index contributed by atoms with van der Waals surface area (Å²) in [6, 6.07) is 0.651. The summed E-state index contributed by atoms with van der Waals surface area (Å²) in [5.74, 6) is -0.0609. The molecule has 17 heavy (non-hydrogen) atoms. The van der Waals surface area contributed by atoms with Gasteiger partial charge in [-0.2, -0.15) is 0 Å². The molecule has 98 valence electrons. The van der Waals surface area contributed by atoms with Crippen LogP contribution in [-0.4, -0.2) is 46.8 Å². The first-order valence-corrected chi connectivity index (χ1v) is 6.06. The zero-order chi connectivity index (χ0) is 12.7. The number of nitrogens with zero attached hydrogens (tertiary/aromatic N) is 3. The number of hydrogen-bond acceptors (Lipinski definition) is 3. The molecular formula is C10H22N5O2+. The minimum atomic E-state index is -0.453. The summed E-state index contributed by atoms with van der Waals surface area (Å²) in [6.07, 6.45) is 4.76. The lowest BCUT2D eigenvalue weighted by atomic mass is 10.0. The second-order valence-electron chi connectivity index (χ2n) is 4.39. The number of nitrogens with one attached hydrogen (secondary N) is 1. The lowest BCUT2D eigenvalue weighted by Gasteiger charge is -2.33. The van der Waals surface area contributed by atoms with Crippen LogP contribution in [0.25, 0.3) is 0 Å². The van der Waals surface area contributed by atoms with Crippen LogP contribution in [0.5, 0.6) is 0 Å². The first-order chi connectivity index (χ1) is 8.09. The van der Waals surface area contributed by atoms with E-state index in [-0.39, 0.29) is 5.96 Å². The second kappa shape index (κ2) is 7.05. The van der Waals surface area contributed by atoms with Gasteiger partial charge in [0.1, 0.15) is 4.91 Å². The summed E-state index contributed by atoms with van der Waals surface area (Å²) in [4.78, 5) is 16.6. The molecule has 1 saturated heterocycles. The first kappa shape index (κ1) is 13.7. The minimum absolute atomic E-state index is 0.0609. The summed E-state index contributed by atoms with van der Waals surface area (Å²) in [6.45, 7) is 4.96. The summed E-state index contributed by atoms with van der Waals surface area (Å²) in [5.41, 5.74) is 7.28. The molecule has 1 fully saturated rings. The Morgan fingerprint density at radius 1 is 1.65 bits per heavy atom. The molecule has 1 aliphatic rings. The highest BCUT2D eigenvalue weighted by atomic mass is 16.7. The van der Waals surface area contributed by atoms with Crippen LogP contribution in [0, 0.1) is 4.91 Å². The monoisotopic (exact) mass is 244 g/mol. The van der Waals surface area contributed by atoms with Crippen molar-refractivity contribution in [2.45, 2.75) is 38.6 Å². The lowest BCUT2D eigenvalue weighted by molar-refractivity contribution is -0.822. The number of hydrazine groups is 1. The first-order valence-electron chi connectivity index (χ1n) is 6.06. The van der Waals surface area contributed by atoms with Gasteiger partial charge >= 0.3 is 5.03 Å². The molecule has 0 aliphatic carbocycles. The van der Waals surface area contributed by atoms with Crippen LogP contribution in [0.2, 0.25) is 0 Å². The van der Waals surface area contributed by atoms with Crippen molar-refractivity contribution in [1.82, 2.24) is 10.3 Å². The Hall–Kier alpha value is -1.37. The van der Waals surface area contributed by atoms with Crippen LogP contribution in [0.15, 0.2) is 4.99 Å². The number of aliphatic imine (C=N–C) groups is 1. The fourth-order valence-electron chi connectivity index (χ4n) is 2.10. The van der Waals surface area contributed by atoms with Crippen LogP contribution < -0.4 is 11.2 Å². The zero-order valence-corrected chi connectivity index (χ0v) is 10.3. The molecule has 0 aromatic carbocycles. The van der Waals surface area contributed by atoms with E-state index in [0.717, 1.165) is 19.5 Å². The number of hydrogen-bond donors (Lipinski definition) is 3. The molecule has 0 amide bonds. The molecule has 0 aromatic rings. The molecule has 0 bridgehead atoms. The van der Waals surface area contributed by atoms with Gasteiger partial charge in [0.05, 0.1) is 0 Å². The highest BCUT2D eigenvalue weighted by molar-refractivity contribution is 5.76. The molecular weight excluding hydrogens is 222 g/mol. The third-order valence-corrected chi connectivity index (χ3v) is 3.04. The normalized spacial score (nSPS) is 22.4. The minimum Gasteiger partial charge on any atom is -0.365 e. The van der Waals surface area contributed by atoms with E-state index in [1.165, 1.54) is 19.3 Å². The number of guanidine groups is 1. The van der Waals surface area contributed by atoms with Gasteiger partial charge in [-0.15, -0.1) is 0 Å². The lowest BCUT2D eigenvalue weighted by Crippen LogP contribution is -2.39. The van der Waals surface area contributed by atoms with Gasteiger partial charge in [-0.05, 0) is 38.2 Å². The number of nitrogens with two attached hydrogens (primary N) is 1. The molecule has 0 spiro atoms. The summed E-state index contributed by atoms with van der Waals surface area (Å²) in [5, 5.41) is 7.86. The molecule has 0 aromatic heterocycles. The van der Waals surface area contributed by atoms with Gasteiger partial charge in [-0.3, -0.25) is 0 Å². The second-order valence-corrected chi connectivity index (χ2v) is 4.39. The van der Waals surface area contributed by atoms with E-state index < -0.39 is 5.03 Å². The quantitative estimate of drug-likeness (QED) is 0.279. The Bertz CT molecular complexity index is 282. The molecule has 1 heterocycles. The van der Waals surface area contributed by atoms with Crippen molar-refractivity contribution in [2.24, 2.45) is 10.7 Å². The molecule has 0 radical (unpaired) electrons. The maximum absolute atomic E-state index is 10.2. The van der Waals surface area contributed by atoms with Gasteiger partial charge in [0.15, 0.2) is 0 Å². The third-order valence-electron chi connectivity index (χ3n) is 3.04. The number of likely N-dealkylation sites (tertiary alicyclic amines) is 1. The molecule has 1 atom stereocenters. The van der Waals surface area contributed by atoms with Crippen molar-refractivity contribution in [3.05, 3.63) is 4.91 Å². The summed E-state index contributed by atoms with van der Waals surface area (Å²) < 4.78 is 0. The maximum Gasteiger partial charge on any atom is 0.362 e. The molecule has 1 rings (SSSR count). The average molecular weight is 244 g/mol. The maximum atomic E-state index is 10.2. The van der Waals surface area contributed by atoms with Crippen LogP contribution in [-0.2, 0) is 0 Å². The van der Waals surface area contributed by atoms with Crippen LogP contribution in [0.3, 0.4) is 0 Å². The average Bonchev–Trinajstić information content (AvgIpc) is 2.25. The third kappa shape index (κ3) is 5.48. The van der Waals surface area contributed by atoms with Crippen LogP contribution in [0.4, 0.5) is 0 Å². The van der Waals surface area contributed by atoms with Gasteiger partial charge < -0.3 is 10.6 Å². The molecule has 7 heteroatoms. The molecule has 4 N–H and O–H groups in total. The van der Waals surface area contributed by atoms with E-state index in [2.05, 4.69) is 16.8 Å². The Kier molecular flexibility index (Phi) is 5.68. The fourth-order valence-corrected chi connectivity index (χ4v) is 2.10. The Morgan fingerprint density at radius 2 is 2.41 bits per heavy atom. The van der Waals surface area contributed by atoms with E-state index in [9.17, 15) is 4.91 Å². The van der Waals surface area contributed by atoms with E-state index in [1.54, 1.807) is 0 Å². The van der Waals surface area contributed by atoms with Crippen molar-refractivity contribution in [3.8, 4) is 0 Å². The van der Waals surface area contributed by atoms with Crippen LogP contribution in [0.1, 0.15) is 32.6 Å². The van der Waals surface area contributed by atoms with Crippen molar-refractivity contribution >= 4 is 5.96 Å². The van der Waals surface area contributed by atoms with Crippen molar-refractivity contribution < 1.29 is 10.2 Å². The van der Waals surface area contributed by atoms with Crippen molar-refractivity contribution in [3.63, 3.8) is 0 Å². The van der Waals surface area contributed by atoms with Crippen molar-refractivity contribution in [1.29, 1.82) is 0 Å².